The lowest BCUT2D eigenvalue weighted by atomic mass is 9.92. The van der Waals surface area contributed by atoms with Gasteiger partial charge in [-0.1, -0.05) is 134 Å². The topological polar surface area (TPSA) is 65.0 Å². The van der Waals surface area contributed by atoms with Gasteiger partial charge in [-0.05, 0) is 66.6 Å². The predicted octanol–water partition coefficient (Wildman–Crippen LogP) is 14.2. The highest BCUT2D eigenvalue weighted by atomic mass is 16.3. The van der Waals surface area contributed by atoms with Crippen molar-refractivity contribution in [3.05, 3.63) is 188 Å². The van der Waals surface area contributed by atoms with E-state index in [2.05, 4.69) is 104 Å². The summed E-state index contributed by atoms with van der Waals surface area (Å²) in [5, 5.41) is 3.15. The molecule has 10 rings (SSSR count). The maximum absolute atomic E-state index is 6.62. The number of hydrogen-bond acceptors (Lipinski definition) is 5. The number of furan rings is 2. The molecular weight excluding hydrogens is 699 g/mol. The van der Waals surface area contributed by atoms with Crippen LogP contribution in [0.4, 0.5) is 0 Å². The zero-order valence-electron chi connectivity index (χ0n) is 31.2. The molecule has 0 fully saturated rings. The first-order valence-electron chi connectivity index (χ1n) is 19.0. The van der Waals surface area contributed by atoms with E-state index in [9.17, 15) is 0 Å². The number of pyridine rings is 1. The van der Waals surface area contributed by atoms with Crippen LogP contribution in [0, 0.1) is 0 Å². The van der Waals surface area contributed by atoms with Gasteiger partial charge >= 0.3 is 0 Å². The van der Waals surface area contributed by atoms with Crippen LogP contribution in [0.2, 0.25) is 0 Å². The van der Waals surface area contributed by atoms with Crippen molar-refractivity contribution >= 4 is 45.1 Å². The molecule has 5 nitrogen and oxygen atoms in total. The van der Waals surface area contributed by atoms with E-state index in [0.29, 0.717) is 5.82 Å². The predicted molar refractivity (Wildman–Crippen MR) is 234 cm³/mol. The lowest BCUT2D eigenvalue weighted by Crippen LogP contribution is -1.98. The summed E-state index contributed by atoms with van der Waals surface area (Å²) in [7, 11) is 0. The Morgan fingerprint density at radius 3 is 1.84 bits per heavy atom. The standard InChI is InChI=1S/C52H35N3O2/c1-3-16-48-37(4-2)43-24-14-22-38(50(43)56-48)34-29-35(39-23-15-25-44-42-21-10-11-27-49(42)57-51(39)44)31-36(30-34)46-32-47(55-52(54-46)33-17-6-5-7-18-33)41-20-9-8-19-40(41)45-26-12-13-28-53-45/h3-32H,2H2,1H3/b16-3-. The van der Waals surface area contributed by atoms with Crippen LogP contribution in [0.1, 0.15) is 18.2 Å². The van der Waals surface area contributed by atoms with Crippen LogP contribution < -0.4 is 0 Å². The van der Waals surface area contributed by atoms with Crippen LogP contribution >= 0.6 is 0 Å². The third kappa shape index (κ3) is 6.03. The Balaban J connectivity index is 1.26. The van der Waals surface area contributed by atoms with Gasteiger partial charge in [0.1, 0.15) is 22.5 Å². The molecule has 6 aromatic carbocycles. The summed E-state index contributed by atoms with van der Waals surface area (Å²) in [4.78, 5) is 15.2. The molecular formula is C52H35N3O2. The van der Waals surface area contributed by atoms with Gasteiger partial charge in [0, 0.05) is 61.3 Å². The Kier molecular flexibility index (Phi) is 8.46. The Bertz CT molecular complexity index is 3160. The molecule has 0 saturated heterocycles. The first kappa shape index (κ1) is 33.9. The molecule has 0 aliphatic heterocycles. The molecule has 5 heteroatoms. The minimum Gasteiger partial charge on any atom is -0.455 e. The first-order valence-corrected chi connectivity index (χ1v) is 19.0. The maximum atomic E-state index is 6.62. The summed E-state index contributed by atoms with van der Waals surface area (Å²) in [5.74, 6) is 1.41. The molecule has 4 aromatic heterocycles. The van der Waals surface area contributed by atoms with E-state index in [1.54, 1.807) is 0 Å². The lowest BCUT2D eigenvalue weighted by Gasteiger charge is -2.15. The molecule has 0 aliphatic carbocycles. The van der Waals surface area contributed by atoms with Crippen LogP contribution in [0.3, 0.4) is 0 Å². The van der Waals surface area contributed by atoms with E-state index in [0.717, 1.165) is 106 Å². The largest absolute Gasteiger partial charge is 0.455 e. The summed E-state index contributed by atoms with van der Waals surface area (Å²) in [6.45, 7) is 6.11. The van der Waals surface area contributed by atoms with Gasteiger partial charge in [0.2, 0.25) is 0 Å². The highest BCUT2D eigenvalue weighted by Crippen LogP contribution is 2.42. The summed E-state index contributed by atoms with van der Waals surface area (Å²) in [6, 6.07) is 54.0. The summed E-state index contributed by atoms with van der Waals surface area (Å²) >= 11 is 0. The van der Waals surface area contributed by atoms with Crippen LogP contribution in [-0.4, -0.2) is 15.0 Å². The van der Waals surface area contributed by atoms with Crippen molar-refractivity contribution in [1.29, 1.82) is 0 Å². The van der Waals surface area contributed by atoms with E-state index in [1.807, 2.05) is 92.0 Å². The van der Waals surface area contributed by atoms with Gasteiger partial charge in [-0.3, -0.25) is 4.98 Å². The van der Waals surface area contributed by atoms with Gasteiger partial charge in [-0.25, -0.2) is 9.97 Å². The molecule has 0 N–H and O–H groups in total. The monoisotopic (exact) mass is 733 g/mol. The molecule has 57 heavy (non-hydrogen) atoms. The van der Waals surface area contributed by atoms with Gasteiger partial charge in [0.25, 0.3) is 0 Å². The van der Waals surface area contributed by atoms with Crippen LogP contribution in [-0.2, 0) is 0 Å². The molecule has 4 heterocycles. The summed E-state index contributed by atoms with van der Waals surface area (Å²) in [6.07, 6.45) is 7.66. The SMILES string of the molecule is C=Cc1c(/C=C\C)oc2c(-c3cc(-c4cc(-c5ccccc5-c5ccccn5)nc(-c5ccccc5)n4)cc(-c4cccc5c4oc4ccccc45)c3)cccc12. The quantitative estimate of drug-likeness (QED) is 0.156. The zero-order chi connectivity index (χ0) is 38.3. The Hall–Kier alpha value is -7.63. The highest BCUT2D eigenvalue weighted by molar-refractivity contribution is 6.10. The Morgan fingerprint density at radius 2 is 1.11 bits per heavy atom. The van der Waals surface area contributed by atoms with Crippen molar-refractivity contribution in [2.75, 3.05) is 0 Å². The average Bonchev–Trinajstić information content (AvgIpc) is 3.84. The Morgan fingerprint density at radius 1 is 0.491 bits per heavy atom. The molecule has 0 spiro atoms. The summed E-state index contributed by atoms with van der Waals surface area (Å²) in [5.41, 5.74) is 13.6. The number of fused-ring (bicyclic) bond motifs is 4. The van der Waals surface area contributed by atoms with Crippen LogP contribution in [0.15, 0.2) is 185 Å². The smallest absolute Gasteiger partial charge is 0.160 e. The second-order valence-corrected chi connectivity index (χ2v) is 13.9. The van der Waals surface area contributed by atoms with E-state index >= 15 is 0 Å². The van der Waals surface area contributed by atoms with Crippen molar-refractivity contribution < 1.29 is 8.83 Å². The summed E-state index contributed by atoms with van der Waals surface area (Å²) < 4.78 is 13.2. The Labute approximate surface area is 330 Å². The molecule has 10 aromatic rings. The van der Waals surface area contributed by atoms with Crippen LogP contribution in [0.5, 0.6) is 0 Å². The van der Waals surface area contributed by atoms with Gasteiger partial charge in [-0.15, -0.1) is 0 Å². The number of para-hydroxylation sites is 3. The lowest BCUT2D eigenvalue weighted by molar-refractivity contribution is 0.604. The third-order valence-electron chi connectivity index (χ3n) is 10.5. The van der Waals surface area contributed by atoms with E-state index in [4.69, 9.17) is 23.8 Å². The fraction of sp³-hybridized carbons (Fsp3) is 0.0192. The van der Waals surface area contributed by atoms with Gasteiger partial charge in [0.05, 0.1) is 17.1 Å². The van der Waals surface area contributed by atoms with Crippen molar-refractivity contribution in [1.82, 2.24) is 15.0 Å². The molecule has 0 bridgehead atoms. The molecule has 0 unspecified atom stereocenters. The number of allylic oxidation sites excluding steroid dienone is 1. The van der Waals surface area contributed by atoms with E-state index in [-0.39, 0.29) is 0 Å². The van der Waals surface area contributed by atoms with Crippen LogP contribution in [0.25, 0.3) is 112 Å². The highest BCUT2D eigenvalue weighted by Gasteiger charge is 2.20. The number of aromatic nitrogens is 3. The molecule has 0 aliphatic rings. The van der Waals surface area contributed by atoms with Gasteiger partial charge in [-0.2, -0.15) is 0 Å². The number of hydrogen-bond donors (Lipinski definition) is 0. The second-order valence-electron chi connectivity index (χ2n) is 13.9. The number of benzene rings is 6. The number of nitrogens with zero attached hydrogens (tertiary/aromatic N) is 3. The van der Waals surface area contributed by atoms with Crippen molar-refractivity contribution in [3.63, 3.8) is 0 Å². The molecule has 0 atom stereocenters. The van der Waals surface area contributed by atoms with E-state index in [1.165, 1.54) is 0 Å². The molecule has 270 valence electrons. The fourth-order valence-electron chi connectivity index (χ4n) is 7.83. The van der Waals surface area contributed by atoms with Gasteiger partial charge in [0.15, 0.2) is 5.82 Å². The number of rotatable bonds is 8. The molecule has 0 radical (unpaired) electrons. The van der Waals surface area contributed by atoms with Gasteiger partial charge < -0.3 is 8.83 Å². The zero-order valence-corrected chi connectivity index (χ0v) is 31.2. The maximum Gasteiger partial charge on any atom is 0.160 e. The van der Waals surface area contributed by atoms with Crippen molar-refractivity contribution in [3.8, 4) is 67.4 Å². The third-order valence-corrected chi connectivity index (χ3v) is 10.5. The van der Waals surface area contributed by atoms with Crippen molar-refractivity contribution in [2.45, 2.75) is 6.92 Å². The average molecular weight is 734 g/mol. The molecule has 0 amide bonds. The molecule has 0 saturated carbocycles. The first-order chi connectivity index (χ1) is 28.2. The normalized spacial score (nSPS) is 11.6. The minimum absolute atomic E-state index is 0.630. The van der Waals surface area contributed by atoms with Crippen molar-refractivity contribution in [2.24, 2.45) is 0 Å². The fourth-order valence-corrected chi connectivity index (χ4v) is 7.83. The minimum atomic E-state index is 0.630. The second kappa shape index (κ2) is 14.2. The van der Waals surface area contributed by atoms with E-state index < -0.39 is 0 Å².